The summed E-state index contributed by atoms with van der Waals surface area (Å²) < 4.78 is 27.6. The molecule has 5 rings (SSSR count). The van der Waals surface area contributed by atoms with E-state index in [1.165, 1.54) is 0 Å². The van der Waals surface area contributed by atoms with Crippen molar-refractivity contribution in [2.75, 3.05) is 24.5 Å². The Kier molecular flexibility index (Phi) is 4.79. The van der Waals surface area contributed by atoms with Gasteiger partial charge in [0.15, 0.2) is 0 Å². The molecule has 2 aliphatic heterocycles. The van der Waals surface area contributed by atoms with Crippen molar-refractivity contribution in [3.63, 3.8) is 0 Å². The number of sulfonamides is 1. The lowest BCUT2D eigenvalue weighted by Crippen LogP contribution is -2.35. The number of benzene rings is 2. The average Bonchev–Trinajstić information content (AvgIpc) is 3.22. The van der Waals surface area contributed by atoms with Gasteiger partial charge in [-0.2, -0.15) is 4.31 Å². The van der Waals surface area contributed by atoms with Gasteiger partial charge in [0.2, 0.25) is 10.0 Å². The van der Waals surface area contributed by atoms with E-state index in [-0.39, 0.29) is 5.91 Å². The molecular weight excluding hydrogens is 398 g/mol. The number of pyridine rings is 1. The molecule has 0 atom stereocenters. The highest BCUT2D eigenvalue weighted by Crippen LogP contribution is 2.33. The molecule has 1 saturated heterocycles. The first-order valence-electron chi connectivity index (χ1n) is 10.3. The number of para-hydroxylation sites is 1. The molecule has 0 bridgehead atoms. The average molecular weight is 422 g/mol. The Morgan fingerprint density at radius 3 is 2.57 bits per heavy atom. The van der Waals surface area contributed by atoms with E-state index in [4.69, 9.17) is 0 Å². The summed E-state index contributed by atoms with van der Waals surface area (Å²) in [5, 5.41) is 0.822. The van der Waals surface area contributed by atoms with Crippen molar-refractivity contribution in [3.05, 3.63) is 65.9 Å². The lowest BCUT2D eigenvalue weighted by atomic mass is 10.1. The highest BCUT2D eigenvalue weighted by molar-refractivity contribution is 7.89. The molecule has 6 nitrogen and oxygen atoms in total. The normalized spacial score (nSPS) is 17.3. The Balaban J connectivity index is 1.47. The van der Waals surface area contributed by atoms with Crippen LogP contribution in [0.4, 0.5) is 5.69 Å². The van der Waals surface area contributed by atoms with Gasteiger partial charge in [-0.15, -0.1) is 0 Å². The molecule has 7 heteroatoms. The van der Waals surface area contributed by atoms with E-state index in [9.17, 15) is 13.2 Å². The summed E-state index contributed by atoms with van der Waals surface area (Å²) in [7, 11) is -3.48. The van der Waals surface area contributed by atoms with Crippen LogP contribution in [0.1, 0.15) is 35.2 Å². The number of anilines is 1. The fraction of sp³-hybridized carbons (Fsp3) is 0.304. The van der Waals surface area contributed by atoms with Gasteiger partial charge in [0.05, 0.1) is 16.0 Å². The Hall–Kier alpha value is -2.77. The van der Waals surface area contributed by atoms with Crippen molar-refractivity contribution in [1.82, 2.24) is 9.29 Å². The highest BCUT2D eigenvalue weighted by atomic mass is 32.2. The van der Waals surface area contributed by atoms with Crippen LogP contribution >= 0.6 is 0 Å². The summed E-state index contributed by atoms with van der Waals surface area (Å²) in [4.78, 5) is 19.7. The second-order valence-electron chi connectivity index (χ2n) is 7.84. The number of amides is 1. The third-order valence-electron chi connectivity index (χ3n) is 6.02. The molecule has 0 radical (unpaired) electrons. The zero-order valence-corrected chi connectivity index (χ0v) is 17.4. The van der Waals surface area contributed by atoms with Crippen LogP contribution in [0, 0.1) is 0 Å². The Morgan fingerprint density at radius 1 is 0.933 bits per heavy atom. The van der Waals surface area contributed by atoms with Gasteiger partial charge >= 0.3 is 0 Å². The van der Waals surface area contributed by atoms with Gasteiger partial charge in [-0.1, -0.05) is 24.6 Å². The van der Waals surface area contributed by atoms with Crippen molar-refractivity contribution in [3.8, 4) is 0 Å². The van der Waals surface area contributed by atoms with Gasteiger partial charge in [0.1, 0.15) is 0 Å². The summed E-state index contributed by atoms with van der Waals surface area (Å²) in [6, 6.07) is 14.5. The largest absolute Gasteiger partial charge is 0.308 e. The molecule has 2 aliphatic rings. The number of piperidine rings is 1. The van der Waals surface area contributed by atoms with Crippen molar-refractivity contribution in [2.24, 2.45) is 0 Å². The lowest BCUT2D eigenvalue weighted by molar-refractivity contribution is 0.0991. The zero-order valence-electron chi connectivity index (χ0n) is 16.6. The van der Waals surface area contributed by atoms with Gasteiger partial charge in [-0.3, -0.25) is 9.78 Å². The number of hydrogen-bond donors (Lipinski definition) is 0. The van der Waals surface area contributed by atoms with Crippen LogP contribution in [0.3, 0.4) is 0 Å². The van der Waals surface area contributed by atoms with Crippen molar-refractivity contribution >= 4 is 32.5 Å². The molecular formula is C23H23N3O3S. The molecule has 0 spiro atoms. The van der Waals surface area contributed by atoms with E-state index in [0.29, 0.717) is 36.5 Å². The van der Waals surface area contributed by atoms with Crippen molar-refractivity contribution in [2.45, 2.75) is 30.6 Å². The second-order valence-corrected chi connectivity index (χ2v) is 9.78. The van der Waals surface area contributed by atoms with Crippen LogP contribution in [0.25, 0.3) is 10.9 Å². The minimum atomic E-state index is -3.48. The van der Waals surface area contributed by atoms with E-state index in [2.05, 4.69) is 4.98 Å². The van der Waals surface area contributed by atoms with Crippen LogP contribution in [-0.2, 0) is 16.4 Å². The fourth-order valence-electron chi connectivity index (χ4n) is 4.43. The molecule has 1 fully saturated rings. The standard InChI is InChI=1S/C23H23N3O3S/c27-23(20-10-12-24-21-7-3-2-6-19(20)21)26-15-11-17-16-18(8-9-22(17)26)30(28,29)25-13-4-1-5-14-25/h2-3,6-10,12,16H,1,4-5,11,13-15H2. The predicted octanol–water partition coefficient (Wildman–Crippen LogP) is 3.61. The molecule has 154 valence electrons. The summed E-state index contributed by atoms with van der Waals surface area (Å²) in [5.41, 5.74) is 3.09. The van der Waals surface area contributed by atoms with Crippen LogP contribution in [0.5, 0.6) is 0 Å². The van der Waals surface area contributed by atoms with Crippen LogP contribution in [0.15, 0.2) is 59.6 Å². The number of nitrogens with zero attached hydrogens (tertiary/aromatic N) is 3. The highest BCUT2D eigenvalue weighted by Gasteiger charge is 2.30. The molecule has 3 heterocycles. The molecule has 3 aromatic rings. The first kappa shape index (κ1) is 19.2. The van der Waals surface area contributed by atoms with Gasteiger partial charge in [-0.05, 0) is 55.2 Å². The lowest BCUT2D eigenvalue weighted by Gasteiger charge is -2.26. The van der Waals surface area contributed by atoms with E-state index in [0.717, 1.165) is 41.4 Å². The number of fused-ring (bicyclic) bond motifs is 2. The van der Waals surface area contributed by atoms with Gasteiger partial charge < -0.3 is 4.90 Å². The van der Waals surface area contributed by atoms with Crippen molar-refractivity contribution in [1.29, 1.82) is 0 Å². The summed E-state index contributed by atoms with van der Waals surface area (Å²) in [6.45, 7) is 1.70. The van der Waals surface area contributed by atoms with E-state index >= 15 is 0 Å². The number of carbonyl (C=O) groups is 1. The SMILES string of the molecule is O=C(c1ccnc2ccccc12)N1CCc2cc(S(=O)(=O)N3CCCCC3)ccc21. The zero-order chi connectivity index (χ0) is 20.7. The molecule has 0 saturated carbocycles. The smallest absolute Gasteiger partial charge is 0.259 e. The topological polar surface area (TPSA) is 70.6 Å². The predicted molar refractivity (Wildman–Crippen MR) is 116 cm³/mol. The van der Waals surface area contributed by atoms with Crippen LogP contribution in [0.2, 0.25) is 0 Å². The van der Waals surface area contributed by atoms with E-state index < -0.39 is 10.0 Å². The van der Waals surface area contributed by atoms with Crippen molar-refractivity contribution < 1.29 is 13.2 Å². The Morgan fingerprint density at radius 2 is 1.73 bits per heavy atom. The van der Waals surface area contributed by atoms with Crippen LogP contribution in [-0.4, -0.2) is 43.2 Å². The van der Waals surface area contributed by atoms with E-state index in [1.54, 1.807) is 39.7 Å². The van der Waals surface area contributed by atoms with Crippen LogP contribution < -0.4 is 4.90 Å². The quantitative estimate of drug-likeness (QED) is 0.648. The molecule has 1 amide bonds. The molecule has 0 N–H and O–H groups in total. The van der Waals surface area contributed by atoms with Gasteiger partial charge in [0, 0.05) is 36.9 Å². The number of rotatable bonds is 3. The second kappa shape index (κ2) is 7.49. The molecule has 30 heavy (non-hydrogen) atoms. The van der Waals surface area contributed by atoms with Gasteiger partial charge in [0.25, 0.3) is 5.91 Å². The monoisotopic (exact) mass is 421 g/mol. The fourth-order valence-corrected chi connectivity index (χ4v) is 6.00. The maximum Gasteiger partial charge on any atom is 0.259 e. The third kappa shape index (κ3) is 3.18. The molecule has 0 unspecified atom stereocenters. The molecule has 2 aromatic carbocycles. The number of carbonyl (C=O) groups excluding carboxylic acids is 1. The summed E-state index contributed by atoms with van der Waals surface area (Å²) in [6.07, 6.45) is 5.20. The first-order valence-corrected chi connectivity index (χ1v) is 11.8. The third-order valence-corrected chi connectivity index (χ3v) is 7.92. The molecule has 0 aliphatic carbocycles. The molecule has 1 aromatic heterocycles. The minimum absolute atomic E-state index is 0.0843. The maximum atomic E-state index is 13.3. The Labute approximate surface area is 176 Å². The summed E-state index contributed by atoms with van der Waals surface area (Å²) in [5.74, 6) is -0.0843. The minimum Gasteiger partial charge on any atom is -0.308 e. The first-order chi connectivity index (χ1) is 14.6. The van der Waals surface area contributed by atoms with Gasteiger partial charge in [-0.25, -0.2) is 8.42 Å². The Bertz CT molecular complexity index is 1230. The van der Waals surface area contributed by atoms with E-state index in [1.807, 2.05) is 24.3 Å². The maximum absolute atomic E-state index is 13.3. The number of aromatic nitrogens is 1. The number of hydrogen-bond acceptors (Lipinski definition) is 4. The summed E-state index contributed by atoms with van der Waals surface area (Å²) >= 11 is 0.